The minimum atomic E-state index is -0.843. The Morgan fingerprint density at radius 1 is 0.370 bits per heavy atom. The summed E-state index contributed by atoms with van der Waals surface area (Å²) < 4.78 is 5.51. The highest BCUT2D eigenvalue weighted by atomic mass is 16.5. The Bertz CT molecular complexity index is 1140. The summed E-state index contributed by atoms with van der Waals surface area (Å²) in [4.78, 5) is 24.5. The summed E-state index contributed by atoms with van der Waals surface area (Å²) in [5.41, 5.74) is 0. The maximum absolute atomic E-state index is 12.4. The lowest BCUT2D eigenvalue weighted by atomic mass is 10.0. The summed E-state index contributed by atoms with van der Waals surface area (Å²) >= 11 is 0. The normalized spacial score (nSPS) is 12.7. The predicted molar refractivity (Wildman–Crippen MR) is 320 cm³/mol. The Hall–Kier alpha value is -1.66. The van der Waals surface area contributed by atoms with Crippen LogP contribution >= 0.6 is 0 Å². The van der Waals surface area contributed by atoms with Crippen LogP contribution in [0.1, 0.15) is 367 Å². The van der Waals surface area contributed by atoms with E-state index in [1.54, 1.807) is 6.08 Å². The average Bonchev–Trinajstić information content (AvgIpc) is 3.39. The molecule has 0 aromatic heterocycles. The zero-order chi connectivity index (χ0) is 52.9. The first-order valence-electron chi connectivity index (χ1n) is 33.1. The van der Waals surface area contributed by atoms with Crippen LogP contribution < -0.4 is 5.32 Å². The molecule has 0 heterocycles. The molecule has 432 valence electrons. The van der Waals surface area contributed by atoms with Crippen LogP contribution in [0, 0.1) is 0 Å². The summed E-state index contributed by atoms with van der Waals surface area (Å²) in [6, 6.07) is -0.626. The third-order valence-corrected chi connectivity index (χ3v) is 15.5. The van der Waals surface area contributed by atoms with E-state index in [1.807, 2.05) is 6.08 Å². The van der Waals surface area contributed by atoms with Crippen molar-refractivity contribution in [3.63, 3.8) is 0 Å². The van der Waals surface area contributed by atoms with E-state index in [-0.39, 0.29) is 18.5 Å². The van der Waals surface area contributed by atoms with Crippen molar-refractivity contribution in [1.82, 2.24) is 5.32 Å². The second-order valence-electron chi connectivity index (χ2n) is 22.8. The maximum Gasteiger partial charge on any atom is 0.305 e. The van der Waals surface area contributed by atoms with E-state index in [0.717, 1.165) is 38.5 Å². The number of ether oxygens (including phenoxy) is 1. The van der Waals surface area contributed by atoms with E-state index in [9.17, 15) is 19.8 Å². The highest BCUT2D eigenvalue weighted by Gasteiger charge is 2.18. The average molecular weight is 1030 g/mol. The van der Waals surface area contributed by atoms with Gasteiger partial charge in [0.2, 0.25) is 5.91 Å². The third kappa shape index (κ3) is 59.4. The van der Waals surface area contributed by atoms with Crippen molar-refractivity contribution in [3.05, 3.63) is 24.3 Å². The molecule has 2 unspecified atom stereocenters. The standard InChI is InChI=1S/C67H129NO5/c1-3-5-7-9-11-13-15-16-17-18-28-32-35-38-41-45-49-53-57-61-67(72)73-62-58-54-50-46-42-39-36-33-30-27-25-23-21-19-20-22-24-26-29-31-34-37-40-44-48-52-56-60-66(71)68-64(63-69)65(70)59-55-51-47-43-14-12-10-8-6-4-2/h19-20,55,59,64-65,69-70H,3-18,21-54,56-58,60-63H2,1-2H3,(H,68,71)/b20-19-,59-55+. The molecule has 0 saturated heterocycles. The molecular formula is C67H129NO5. The van der Waals surface area contributed by atoms with Gasteiger partial charge in [-0.25, -0.2) is 0 Å². The van der Waals surface area contributed by atoms with Crippen LogP contribution in [0.2, 0.25) is 0 Å². The van der Waals surface area contributed by atoms with Gasteiger partial charge in [0.25, 0.3) is 0 Å². The van der Waals surface area contributed by atoms with E-state index < -0.39 is 12.1 Å². The molecule has 0 aromatic carbocycles. The number of amides is 1. The molecule has 3 N–H and O–H groups in total. The van der Waals surface area contributed by atoms with Gasteiger partial charge in [0.1, 0.15) is 0 Å². The van der Waals surface area contributed by atoms with Crippen LogP contribution in [-0.4, -0.2) is 47.4 Å². The van der Waals surface area contributed by atoms with E-state index >= 15 is 0 Å². The van der Waals surface area contributed by atoms with Gasteiger partial charge < -0.3 is 20.3 Å². The van der Waals surface area contributed by atoms with Crippen molar-refractivity contribution in [3.8, 4) is 0 Å². The van der Waals surface area contributed by atoms with Gasteiger partial charge in [0.15, 0.2) is 0 Å². The maximum atomic E-state index is 12.4. The number of hydrogen-bond acceptors (Lipinski definition) is 5. The van der Waals surface area contributed by atoms with Gasteiger partial charge in [-0.3, -0.25) is 9.59 Å². The fraction of sp³-hybridized carbons (Fsp3) is 0.910. The Kier molecular flexibility index (Phi) is 61.4. The van der Waals surface area contributed by atoms with Crippen molar-refractivity contribution in [2.45, 2.75) is 379 Å². The molecule has 0 fully saturated rings. The van der Waals surface area contributed by atoms with Crippen LogP contribution in [0.4, 0.5) is 0 Å². The SMILES string of the molecule is CCCCCCCCCC/C=C/C(O)C(CO)NC(=O)CCCCCCCCCCCCC/C=C\CCCCCCCCCCCCCCOC(=O)CCCCCCCCCCCCCCCCCCCCC. The van der Waals surface area contributed by atoms with Gasteiger partial charge in [-0.1, -0.05) is 321 Å². The summed E-state index contributed by atoms with van der Waals surface area (Å²) in [5.74, 6) is -0.0497. The minimum Gasteiger partial charge on any atom is -0.466 e. The van der Waals surface area contributed by atoms with Gasteiger partial charge >= 0.3 is 5.97 Å². The molecule has 6 heteroatoms. The second kappa shape index (κ2) is 62.9. The Morgan fingerprint density at radius 2 is 0.644 bits per heavy atom. The first-order valence-corrected chi connectivity index (χ1v) is 33.1. The first kappa shape index (κ1) is 71.3. The Morgan fingerprint density at radius 3 is 0.973 bits per heavy atom. The smallest absolute Gasteiger partial charge is 0.305 e. The largest absolute Gasteiger partial charge is 0.466 e. The number of allylic oxidation sites excluding steroid dienone is 3. The molecule has 0 aliphatic carbocycles. The molecule has 0 spiro atoms. The highest BCUT2D eigenvalue weighted by Crippen LogP contribution is 2.18. The molecular weight excluding hydrogens is 899 g/mol. The molecule has 0 aromatic rings. The van der Waals surface area contributed by atoms with Crippen LogP contribution in [0.5, 0.6) is 0 Å². The lowest BCUT2D eigenvalue weighted by molar-refractivity contribution is -0.143. The zero-order valence-electron chi connectivity index (χ0n) is 49.4. The number of carbonyl (C=O) groups is 2. The molecule has 6 nitrogen and oxygen atoms in total. The van der Waals surface area contributed by atoms with E-state index in [1.165, 1.54) is 302 Å². The summed E-state index contributed by atoms with van der Waals surface area (Å²) in [5, 5.41) is 23.0. The lowest BCUT2D eigenvalue weighted by Gasteiger charge is -2.20. The third-order valence-electron chi connectivity index (χ3n) is 15.5. The van der Waals surface area contributed by atoms with Crippen LogP contribution in [0.15, 0.2) is 24.3 Å². The van der Waals surface area contributed by atoms with Gasteiger partial charge in [0.05, 0.1) is 25.4 Å². The van der Waals surface area contributed by atoms with Crippen molar-refractivity contribution in [2.75, 3.05) is 13.2 Å². The molecule has 0 rings (SSSR count). The fourth-order valence-corrected chi connectivity index (χ4v) is 10.4. The van der Waals surface area contributed by atoms with Crippen LogP contribution in [0.25, 0.3) is 0 Å². The molecule has 0 bridgehead atoms. The molecule has 0 aliphatic rings. The van der Waals surface area contributed by atoms with Gasteiger partial charge in [0, 0.05) is 12.8 Å². The van der Waals surface area contributed by atoms with Gasteiger partial charge in [-0.2, -0.15) is 0 Å². The summed E-state index contributed by atoms with van der Waals surface area (Å²) in [7, 11) is 0. The number of nitrogens with one attached hydrogen (secondary N) is 1. The lowest BCUT2D eigenvalue weighted by Crippen LogP contribution is -2.45. The number of hydrogen-bond donors (Lipinski definition) is 3. The number of aliphatic hydroxyl groups excluding tert-OH is 2. The van der Waals surface area contributed by atoms with E-state index in [4.69, 9.17) is 4.74 Å². The molecule has 2 atom stereocenters. The van der Waals surface area contributed by atoms with Crippen LogP contribution in [-0.2, 0) is 14.3 Å². The number of rotatable bonds is 62. The molecule has 1 amide bonds. The van der Waals surface area contributed by atoms with E-state index in [0.29, 0.717) is 19.4 Å². The quantitative estimate of drug-likeness (QED) is 0.0320. The Labute approximate surface area is 456 Å². The van der Waals surface area contributed by atoms with Crippen LogP contribution in [0.3, 0.4) is 0 Å². The monoisotopic (exact) mass is 1030 g/mol. The highest BCUT2D eigenvalue weighted by molar-refractivity contribution is 5.76. The van der Waals surface area contributed by atoms with Gasteiger partial charge in [-0.15, -0.1) is 0 Å². The first-order chi connectivity index (χ1) is 36.0. The number of unbranched alkanes of at least 4 members (excludes halogenated alkanes) is 49. The van der Waals surface area contributed by atoms with Crippen molar-refractivity contribution in [1.29, 1.82) is 0 Å². The van der Waals surface area contributed by atoms with Crippen molar-refractivity contribution < 1.29 is 24.5 Å². The fourth-order valence-electron chi connectivity index (χ4n) is 10.4. The molecule has 0 aliphatic heterocycles. The molecule has 73 heavy (non-hydrogen) atoms. The topological polar surface area (TPSA) is 95.9 Å². The predicted octanol–water partition coefficient (Wildman–Crippen LogP) is 21.0. The minimum absolute atomic E-state index is 0.0199. The molecule has 0 radical (unpaired) electrons. The van der Waals surface area contributed by atoms with Gasteiger partial charge in [-0.05, 0) is 57.8 Å². The molecule has 0 saturated carbocycles. The van der Waals surface area contributed by atoms with Crippen molar-refractivity contribution in [2.24, 2.45) is 0 Å². The Balaban J connectivity index is 3.34. The second-order valence-corrected chi connectivity index (χ2v) is 22.8. The summed E-state index contributed by atoms with van der Waals surface area (Å²) in [6.07, 6.45) is 78.2. The van der Waals surface area contributed by atoms with E-state index in [2.05, 4.69) is 31.3 Å². The number of carbonyl (C=O) groups excluding carboxylic acids is 2. The number of aliphatic hydroxyl groups is 2. The number of esters is 1. The summed E-state index contributed by atoms with van der Waals surface area (Å²) in [6.45, 7) is 4.91. The zero-order valence-corrected chi connectivity index (χ0v) is 49.4. The van der Waals surface area contributed by atoms with Crippen molar-refractivity contribution >= 4 is 11.9 Å².